The fraction of sp³-hybridized carbons (Fsp3) is 0.579. The van der Waals surface area contributed by atoms with Crippen LogP contribution in [0.5, 0.6) is 0 Å². The van der Waals surface area contributed by atoms with Crippen molar-refractivity contribution in [3.8, 4) is 0 Å². The molecule has 0 bridgehead atoms. The average molecular weight is 399 g/mol. The lowest BCUT2D eigenvalue weighted by atomic mass is 9.70. The Morgan fingerprint density at radius 1 is 1.29 bits per heavy atom. The second-order valence-corrected chi connectivity index (χ2v) is 7.16. The van der Waals surface area contributed by atoms with Gasteiger partial charge in [-0.1, -0.05) is 12.5 Å². The number of aliphatic hydroxyl groups excluding tert-OH is 1. The minimum Gasteiger partial charge on any atom is -0.494 e. The minimum absolute atomic E-state index is 0.219. The number of nitrogens with one attached hydrogen (secondary N) is 1. The number of ether oxygens (including phenoxy) is 1. The van der Waals surface area contributed by atoms with E-state index in [0.29, 0.717) is 18.1 Å². The molecule has 2 aliphatic rings. The number of alkyl halides is 3. The highest BCUT2D eigenvalue weighted by atomic mass is 19.4. The first-order valence-corrected chi connectivity index (χ1v) is 9.34. The summed E-state index contributed by atoms with van der Waals surface area (Å²) >= 11 is 0. The van der Waals surface area contributed by atoms with Crippen molar-refractivity contribution in [2.45, 2.75) is 38.1 Å². The van der Waals surface area contributed by atoms with Gasteiger partial charge in [0.15, 0.2) is 12.1 Å². The molecule has 154 valence electrons. The SMILES string of the molecule is OC(O)c1ccnnc1NCC1CCCC2C=C(OCCC(F)(F)F)C=CC21. The summed E-state index contributed by atoms with van der Waals surface area (Å²) in [5, 5.41) is 29.7. The van der Waals surface area contributed by atoms with Crippen molar-refractivity contribution in [2.24, 2.45) is 17.8 Å². The van der Waals surface area contributed by atoms with Crippen LogP contribution in [0.3, 0.4) is 0 Å². The molecule has 0 radical (unpaired) electrons. The molecule has 0 saturated heterocycles. The van der Waals surface area contributed by atoms with Crippen molar-refractivity contribution in [1.82, 2.24) is 10.2 Å². The Morgan fingerprint density at radius 2 is 2.11 bits per heavy atom. The first-order chi connectivity index (χ1) is 13.3. The first-order valence-electron chi connectivity index (χ1n) is 9.34. The van der Waals surface area contributed by atoms with E-state index in [-0.39, 0.29) is 29.9 Å². The van der Waals surface area contributed by atoms with E-state index >= 15 is 0 Å². The van der Waals surface area contributed by atoms with Gasteiger partial charge in [0, 0.05) is 6.54 Å². The summed E-state index contributed by atoms with van der Waals surface area (Å²) in [5.41, 5.74) is 0.266. The second-order valence-electron chi connectivity index (χ2n) is 7.16. The van der Waals surface area contributed by atoms with Crippen LogP contribution < -0.4 is 5.32 Å². The summed E-state index contributed by atoms with van der Waals surface area (Å²) in [4.78, 5) is 0. The van der Waals surface area contributed by atoms with Crippen LogP contribution >= 0.6 is 0 Å². The number of halogens is 3. The molecule has 3 N–H and O–H groups in total. The van der Waals surface area contributed by atoms with Crippen molar-refractivity contribution in [3.05, 3.63) is 41.8 Å². The number of aliphatic hydroxyl groups is 2. The zero-order valence-electron chi connectivity index (χ0n) is 15.3. The Hall–Kier alpha value is -2.13. The Morgan fingerprint density at radius 3 is 2.86 bits per heavy atom. The Labute approximate surface area is 161 Å². The highest BCUT2D eigenvalue weighted by Crippen LogP contribution is 2.40. The van der Waals surface area contributed by atoms with Gasteiger partial charge in [0.2, 0.25) is 0 Å². The number of fused-ring (bicyclic) bond motifs is 1. The molecule has 1 aromatic heterocycles. The Bertz CT molecular complexity index is 722. The van der Waals surface area contributed by atoms with Crippen LogP contribution in [0.4, 0.5) is 19.0 Å². The molecule has 0 aliphatic heterocycles. The van der Waals surface area contributed by atoms with Crippen LogP contribution in [0.15, 0.2) is 36.3 Å². The highest BCUT2D eigenvalue weighted by Gasteiger charge is 2.33. The minimum atomic E-state index is -4.22. The molecule has 0 spiro atoms. The number of hydrogen-bond donors (Lipinski definition) is 3. The molecule has 0 amide bonds. The van der Waals surface area contributed by atoms with Gasteiger partial charge in [-0.15, -0.1) is 5.10 Å². The Kier molecular flexibility index (Phi) is 6.56. The number of nitrogens with zero attached hydrogens (tertiary/aromatic N) is 2. The van der Waals surface area contributed by atoms with Crippen LogP contribution in [0, 0.1) is 17.8 Å². The summed E-state index contributed by atoms with van der Waals surface area (Å²) in [6, 6.07) is 1.50. The Balaban J connectivity index is 1.57. The molecule has 1 fully saturated rings. The fourth-order valence-electron chi connectivity index (χ4n) is 3.85. The molecule has 3 rings (SSSR count). The number of rotatable bonds is 7. The van der Waals surface area contributed by atoms with E-state index in [2.05, 4.69) is 15.5 Å². The molecule has 3 atom stereocenters. The second kappa shape index (κ2) is 8.91. The van der Waals surface area contributed by atoms with Gasteiger partial charge in [-0.3, -0.25) is 0 Å². The first kappa shape index (κ1) is 20.6. The zero-order chi connectivity index (χ0) is 20.1. The van der Waals surface area contributed by atoms with Crippen LogP contribution in [0.1, 0.15) is 37.5 Å². The van der Waals surface area contributed by atoms with Gasteiger partial charge in [-0.05, 0) is 48.8 Å². The topological polar surface area (TPSA) is 87.5 Å². The van der Waals surface area contributed by atoms with Crippen molar-refractivity contribution in [1.29, 1.82) is 0 Å². The monoisotopic (exact) mass is 399 g/mol. The predicted octanol–water partition coefficient (Wildman–Crippen LogP) is 3.33. The summed E-state index contributed by atoms with van der Waals surface area (Å²) in [6.45, 7) is 0.211. The molecule has 2 aliphatic carbocycles. The van der Waals surface area contributed by atoms with E-state index in [1.54, 1.807) is 6.08 Å². The van der Waals surface area contributed by atoms with Gasteiger partial charge in [-0.25, -0.2) is 0 Å². The van der Waals surface area contributed by atoms with Gasteiger partial charge in [0.25, 0.3) is 0 Å². The van der Waals surface area contributed by atoms with Crippen LogP contribution in [0.25, 0.3) is 0 Å². The molecule has 28 heavy (non-hydrogen) atoms. The van der Waals surface area contributed by atoms with E-state index < -0.39 is 18.9 Å². The summed E-state index contributed by atoms with van der Waals surface area (Å²) in [7, 11) is 0. The summed E-state index contributed by atoms with van der Waals surface area (Å²) < 4.78 is 42.1. The quantitative estimate of drug-likeness (QED) is 0.610. The van der Waals surface area contributed by atoms with Gasteiger partial charge in [0.1, 0.15) is 5.76 Å². The lowest BCUT2D eigenvalue weighted by molar-refractivity contribution is -0.142. The lowest BCUT2D eigenvalue weighted by Gasteiger charge is -2.37. The molecule has 1 aromatic rings. The number of anilines is 1. The van der Waals surface area contributed by atoms with Gasteiger partial charge < -0.3 is 20.3 Å². The van der Waals surface area contributed by atoms with Gasteiger partial charge in [-0.2, -0.15) is 18.3 Å². The molecule has 9 heteroatoms. The molecule has 1 heterocycles. The molecular weight excluding hydrogens is 375 g/mol. The maximum Gasteiger partial charge on any atom is 0.392 e. The predicted molar refractivity (Wildman–Crippen MR) is 95.9 cm³/mol. The molecule has 0 aromatic carbocycles. The van der Waals surface area contributed by atoms with Crippen molar-refractivity contribution < 1.29 is 28.1 Å². The molecule has 6 nitrogen and oxygen atoms in total. The van der Waals surface area contributed by atoms with Gasteiger partial charge in [0.05, 0.1) is 24.8 Å². The maximum absolute atomic E-state index is 12.3. The van der Waals surface area contributed by atoms with Crippen LogP contribution in [-0.4, -0.2) is 39.7 Å². The number of aromatic nitrogens is 2. The van der Waals surface area contributed by atoms with Crippen molar-refractivity contribution >= 4 is 5.82 Å². The van der Waals surface area contributed by atoms with Crippen molar-refractivity contribution in [3.63, 3.8) is 0 Å². The number of allylic oxidation sites excluding steroid dienone is 3. The molecule has 3 unspecified atom stereocenters. The summed E-state index contributed by atoms with van der Waals surface area (Å²) in [6.07, 6.45) is 3.23. The maximum atomic E-state index is 12.3. The van der Waals surface area contributed by atoms with E-state index in [0.717, 1.165) is 19.3 Å². The third-order valence-corrected chi connectivity index (χ3v) is 5.23. The standard InChI is InChI=1S/C19H24F3N3O3/c20-19(21,22)7-9-28-14-4-5-15-12(10-14)2-1-3-13(15)11-23-17-16(18(26)27)6-8-24-25-17/h4-6,8,10,12-13,15,18,26-27H,1-3,7,9,11H2,(H,23,25). The van der Waals surface area contributed by atoms with E-state index in [9.17, 15) is 23.4 Å². The number of hydrogen-bond acceptors (Lipinski definition) is 6. The van der Waals surface area contributed by atoms with E-state index in [1.165, 1.54) is 12.3 Å². The fourth-order valence-corrected chi connectivity index (χ4v) is 3.85. The largest absolute Gasteiger partial charge is 0.494 e. The van der Waals surface area contributed by atoms with Crippen molar-refractivity contribution in [2.75, 3.05) is 18.5 Å². The lowest BCUT2D eigenvalue weighted by Crippen LogP contribution is -2.32. The van der Waals surface area contributed by atoms with E-state index in [1.807, 2.05) is 12.2 Å². The normalized spacial score (nSPS) is 24.6. The highest BCUT2D eigenvalue weighted by molar-refractivity contribution is 5.43. The smallest absolute Gasteiger partial charge is 0.392 e. The third-order valence-electron chi connectivity index (χ3n) is 5.23. The summed E-state index contributed by atoms with van der Waals surface area (Å²) in [5.74, 6) is 1.59. The average Bonchev–Trinajstić information content (AvgIpc) is 2.65. The van der Waals surface area contributed by atoms with Crippen LogP contribution in [-0.2, 0) is 4.74 Å². The van der Waals surface area contributed by atoms with Crippen LogP contribution in [0.2, 0.25) is 0 Å². The van der Waals surface area contributed by atoms with Gasteiger partial charge >= 0.3 is 6.18 Å². The molecular formula is C19H24F3N3O3. The molecule has 1 saturated carbocycles. The van der Waals surface area contributed by atoms with E-state index in [4.69, 9.17) is 4.74 Å². The zero-order valence-corrected chi connectivity index (χ0v) is 15.3. The third kappa shape index (κ3) is 5.45.